The molecule has 0 spiro atoms. The van der Waals surface area contributed by atoms with Gasteiger partial charge in [-0.15, -0.1) is 24.8 Å². The molecule has 8 atom stereocenters. The summed E-state index contributed by atoms with van der Waals surface area (Å²) in [5.74, 6) is 5.11. The summed E-state index contributed by atoms with van der Waals surface area (Å²) in [7, 11) is 8.29. The number of fused-ring (bicyclic) bond motifs is 5. The van der Waals surface area contributed by atoms with Crippen LogP contribution in [-0.4, -0.2) is 87.0 Å². The van der Waals surface area contributed by atoms with Crippen molar-refractivity contribution in [2.45, 2.75) is 143 Å². The molecule has 0 aliphatic heterocycles. The molecule has 0 saturated heterocycles. The Morgan fingerprint density at radius 2 is 1.46 bits per heavy atom. The van der Waals surface area contributed by atoms with Gasteiger partial charge in [0, 0.05) is 32.4 Å². The molecule has 0 bridgehead atoms. The summed E-state index contributed by atoms with van der Waals surface area (Å²) in [6.45, 7) is 16.1. The lowest BCUT2D eigenvalue weighted by molar-refractivity contribution is -0.151. The third kappa shape index (κ3) is 11.6. The molecule has 4 aliphatic carbocycles. The predicted octanol–water partition coefficient (Wildman–Crippen LogP) is 9.69. The number of carbonyl (C=O) groups is 2. The minimum absolute atomic E-state index is 0. The van der Waals surface area contributed by atoms with Crippen molar-refractivity contribution in [1.29, 1.82) is 0 Å². The molecule has 292 valence electrons. The van der Waals surface area contributed by atoms with Gasteiger partial charge in [0.25, 0.3) is 0 Å². The third-order valence-corrected chi connectivity index (χ3v) is 13.7. The van der Waals surface area contributed by atoms with Gasteiger partial charge in [-0.25, -0.2) is 0 Å². The second-order valence-corrected chi connectivity index (χ2v) is 18.2. The van der Waals surface area contributed by atoms with Gasteiger partial charge in [0.2, 0.25) is 5.91 Å². The van der Waals surface area contributed by atoms with Gasteiger partial charge in [0.15, 0.2) is 0 Å². The van der Waals surface area contributed by atoms with Crippen LogP contribution in [0.25, 0.3) is 0 Å². The van der Waals surface area contributed by atoms with Crippen LogP contribution in [0.1, 0.15) is 137 Å². The Morgan fingerprint density at radius 1 is 0.800 bits per heavy atom. The Labute approximate surface area is 320 Å². The summed E-state index contributed by atoms with van der Waals surface area (Å²) in [6, 6.07) is 0. The lowest BCUT2D eigenvalue weighted by Gasteiger charge is -2.58. The average Bonchev–Trinajstić information content (AvgIpc) is 3.37. The standard InChI is InChI=1S/C42H75N3O3.2ClH/c1-31(2)14-10-15-32(3)36-20-21-37-35-19-18-33-30-34(22-24-41(33,4)38(35)23-25-42(36,37)5)48-40(47)17-11-16-39(46)45(28-12-26-43(6)7)29-13-27-44(8)9;;/h18,31-32,34-38H,10-17,19-30H2,1-9H3;2*1H/t32-,34+,35+,36-,37+,38+,41+,42-;;/m1../s1. The van der Waals surface area contributed by atoms with E-state index in [1.807, 2.05) is 4.90 Å². The number of ether oxygens (including phenoxy) is 1. The highest BCUT2D eigenvalue weighted by Crippen LogP contribution is 2.67. The van der Waals surface area contributed by atoms with E-state index >= 15 is 0 Å². The molecule has 0 unspecified atom stereocenters. The van der Waals surface area contributed by atoms with Crippen molar-refractivity contribution in [2.75, 3.05) is 54.4 Å². The van der Waals surface area contributed by atoms with Gasteiger partial charge >= 0.3 is 5.97 Å². The number of nitrogens with zero attached hydrogens (tertiary/aromatic N) is 3. The maximum Gasteiger partial charge on any atom is 0.306 e. The fraction of sp³-hybridized carbons (Fsp3) is 0.905. The fourth-order valence-corrected chi connectivity index (χ4v) is 11.1. The summed E-state index contributed by atoms with van der Waals surface area (Å²) >= 11 is 0. The highest BCUT2D eigenvalue weighted by molar-refractivity contribution is 5.85. The topological polar surface area (TPSA) is 53.1 Å². The number of esters is 1. The molecule has 0 radical (unpaired) electrons. The van der Waals surface area contributed by atoms with Gasteiger partial charge in [-0.05, 0) is 152 Å². The van der Waals surface area contributed by atoms with Crippen LogP contribution >= 0.6 is 24.8 Å². The Hall–Kier alpha value is -0.820. The van der Waals surface area contributed by atoms with E-state index in [4.69, 9.17) is 4.74 Å². The van der Waals surface area contributed by atoms with Crippen molar-refractivity contribution in [3.8, 4) is 0 Å². The zero-order valence-corrected chi connectivity index (χ0v) is 35.3. The molecule has 4 rings (SSSR count). The molecule has 3 saturated carbocycles. The maximum absolute atomic E-state index is 13.1. The molecule has 1 amide bonds. The zero-order valence-electron chi connectivity index (χ0n) is 33.6. The maximum atomic E-state index is 13.1. The molecule has 4 aliphatic rings. The summed E-state index contributed by atoms with van der Waals surface area (Å²) in [4.78, 5) is 32.5. The van der Waals surface area contributed by atoms with E-state index in [0.717, 1.165) is 93.8 Å². The molecule has 6 nitrogen and oxygen atoms in total. The molecule has 50 heavy (non-hydrogen) atoms. The van der Waals surface area contributed by atoms with Crippen molar-refractivity contribution in [2.24, 2.45) is 46.3 Å². The van der Waals surface area contributed by atoms with E-state index in [-0.39, 0.29) is 48.2 Å². The Balaban J connectivity index is 0.00000433. The first kappa shape index (κ1) is 45.3. The lowest BCUT2D eigenvalue weighted by Crippen LogP contribution is -2.51. The van der Waals surface area contributed by atoms with Crippen LogP contribution < -0.4 is 0 Å². The second-order valence-electron chi connectivity index (χ2n) is 18.2. The van der Waals surface area contributed by atoms with E-state index in [2.05, 4.69) is 78.7 Å². The molecule has 0 aromatic carbocycles. The fourth-order valence-electron chi connectivity index (χ4n) is 11.1. The highest BCUT2D eigenvalue weighted by Gasteiger charge is 2.59. The van der Waals surface area contributed by atoms with Crippen LogP contribution in [0.3, 0.4) is 0 Å². The number of rotatable bonds is 18. The van der Waals surface area contributed by atoms with Gasteiger partial charge < -0.3 is 19.4 Å². The lowest BCUT2D eigenvalue weighted by atomic mass is 9.47. The number of carbonyl (C=O) groups excluding carboxylic acids is 2. The molecule has 0 aromatic rings. The number of allylic oxidation sites excluding steroid dienone is 1. The van der Waals surface area contributed by atoms with E-state index in [0.29, 0.717) is 24.7 Å². The minimum atomic E-state index is -0.120. The molecular formula is C42H77Cl2N3O3. The molecule has 0 N–H and O–H groups in total. The number of hydrogen-bond donors (Lipinski definition) is 0. The van der Waals surface area contributed by atoms with Crippen molar-refractivity contribution < 1.29 is 14.3 Å². The Bertz CT molecular complexity index is 1070. The van der Waals surface area contributed by atoms with Crippen LogP contribution in [0.4, 0.5) is 0 Å². The highest BCUT2D eigenvalue weighted by atomic mass is 35.5. The summed E-state index contributed by atoms with van der Waals surface area (Å²) < 4.78 is 6.10. The molecule has 0 aromatic heterocycles. The number of halogens is 2. The Kier molecular flexibility index (Phi) is 18.7. The average molecular weight is 743 g/mol. The minimum Gasteiger partial charge on any atom is -0.462 e. The molecule has 3 fully saturated rings. The number of amides is 1. The van der Waals surface area contributed by atoms with E-state index in [1.54, 1.807) is 5.57 Å². The molecule has 8 heteroatoms. The third-order valence-electron chi connectivity index (χ3n) is 13.7. The molecular weight excluding hydrogens is 665 g/mol. The van der Waals surface area contributed by atoms with Crippen molar-refractivity contribution in [3.05, 3.63) is 11.6 Å². The summed E-state index contributed by atoms with van der Waals surface area (Å²) in [5, 5.41) is 0. The SMILES string of the molecule is CC(C)CCC[C@@H](C)[C@H]1CC[C@H]2[C@@H]3CC=C4C[C@@H](OC(=O)CCCC(=O)N(CCCN(C)C)CCCN(C)C)CC[C@]4(C)[C@H]3CC[C@]12C.Cl.Cl. The monoisotopic (exact) mass is 742 g/mol. The first-order valence-corrected chi connectivity index (χ1v) is 20.2. The van der Waals surface area contributed by atoms with Crippen molar-refractivity contribution >= 4 is 36.7 Å². The van der Waals surface area contributed by atoms with E-state index in [1.165, 1.54) is 51.4 Å². The zero-order chi connectivity index (χ0) is 35.1. The van der Waals surface area contributed by atoms with Crippen molar-refractivity contribution in [3.63, 3.8) is 0 Å². The van der Waals surface area contributed by atoms with Crippen LogP contribution in [0.15, 0.2) is 11.6 Å². The number of hydrogen-bond acceptors (Lipinski definition) is 5. The van der Waals surface area contributed by atoms with Crippen LogP contribution in [0.2, 0.25) is 0 Å². The first-order chi connectivity index (χ1) is 22.7. The largest absolute Gasteiger partial charge is 0.462 e. The van der Waals surface area contributed by atoms with Crippen LogP contribution in [0, 0.1) is 46.3 Å². The second kappa shape index (κ2) is 20.6. The van der Waals surface area contributed by atoms with Crippen molar-refractivity contribution in [1.82, 2.24) is 14.7 Å². The van der Waals surface area contributed by atoms with Gasteiger partial charge in [-0.1, -0.05) is 65.5 Å². The molecule has 0 heterocycles. The first-order valence-electron chi connectivity index (χ1n) is 20.2. The summed E-state index contributed by atoms with van der Waals surface area (Å²) in [6.07, 6.45) is 20.0. The Morgan fingerprint density at radius 3 is 2.08 bits per heavy atom. The van der Waals surface area contributed by atoms with Crippen LogP contribution in [-0.2, 0) is 14.3 Å². The van der Waals surface area contributed by atoms with Gasteiger partial charge in [0.1, 0.15) is 6.10 Å². The summed E-state index contributed by atoms with van der Waals surface area (Å²) in [5.41, 5.74) is 2.36. The van der Waals surface area contributed by atoms with Gasteiger partial charge in [-0.2, -0.15) is 0 Å². The smallest absolute Gasteiger partial charge is 0.306 e. The van der Waals surface area contributed by atoms with E-state index < -0.39 is 0 Å². The quantitative estimate of drug-likeness (QED) is 0.103. The van der Waals surface area contributed by atoms with Crippen LogP contribution in [0.5, 0.6) is 0 Å². The van der Waals surface area contributed by atoms with Gasteiger partial charge in [-0.3, -0.25) is 9.59 Å². The normalized spacial score (nSPS) is 30.8. The van der Waals surface area contributed by atoms with E-state index in [9.17, 15) is 9.59 Å². The van der Waals surface area contributed by atoms with Gasteiger partial charge in [0.05, 0.1) is 0 Å². The predicted molar refractivity (Wildman–Crippen MR) is 214 cm³/mol.